The van der Waals surface area contributed by atoms with E-state index in [1.54, 1.807) is 61.1 Å². The molecule has 2 bridgehead atoms. The summed E-state index contributed by atoms with van der Waals surface area (Å²) < 4.78 is 54.3. The zero-order valence-corrected chi connectivity index (χ0v) is 69.4. The van der Waals surface area contributed by atoms with Gasteiger partial charge in [0.15, 0.2) is 11.5 Å². The molecule has 3 N–H and O–H groups in total. The number of allylic oxidation sites excluding steroid dienone is 7. The molecule has 25 heteroatoms. The van der Waals surface area contributed by atoms with Crippen LogP contribution in [0.2, 0.25) is 0 Å². The van der Waals surface area contributed by atoms with Gasteiger partial charge in [0.2, 0.25) is 11.6 Å². The first-order valence-electron chi connectivity index (χ1n) is 41.0. The average Bonchev–Trinajstić information content (AvgIpc) is 1.20. The van der Waals surface area contributed by atoms with E-state index in [-0.39, 0.29) is 104 Å². The quantitative estimate of drug-likeness (QED) is 0.0226. The Balaban J connectivity index is 0.868. The fourth-order valence-electron chi connectivity index (χ4n) is 18.7. The summed E-state index contributed by atoms with van der Waals surface area (Å²) in [7, 11) is 10.1. The number of nitrogens with zero attached hydrogens (tertiary/aromatic N) is 3. The number of ether oxygens (including phenoxy) is 9. The molecule has 1 amide bonds. The number of piperidine rings is 1. The number of hydrogen-bond acceptors (Lipinski definition) is 24. The molecule has 0 aromatic heterocycles. The largest absolute Gasteiger partial charge is 0.504 e. The fourth-order valence-corrected chi connectivity index (χ4v) is 18.7. The third-order valence-corrected chi connectivity index (χ3v) is 25.3. The van der Waals surface area contributed by atoms with Crippen LogP contribution in [0.1, 0.15) is 217 Å². The molecule has 1 unspecified atom stereocenters. The second-order valence-electron chi connectivity index (χ2n) is 34.1. The van der Waals surface area contributed by atoms with E-state index in [1.165, 1.54) is 26.0 Å². The van der Waals surface area contributed by atoms with Gasteiger partial charge in [-0.2, -0.15) is 0 Å². The van der Waals surface area contributed by atoms with Crippen molar-refractivity contribution in [2.75, 3.05) is 68.7 Å². The Morgan fingerprint density at radius 1 is 0.768 bits per heavy atom. The standard InChI is InChI=1S/C87H129N3O22/c1-51-27-20-19-21-28-52(2)66(105-15)46-61-35-32-57(7)87(103,112-61)81(99)82(100)90-42-25-24-29-64(90)84(102)109-67(47-65(92)53(3)44-56(6)77(96)80(106-16)76(95)55(5)43-51)54(4)45-59-33-36-60(37-34-59)108-71(93)30-22-17-18-23-31-72(94)110-69-39-38-63-73-75(68(107-58(8)91)48-85(63,69)9)86(10)70(50-104-14)111-83(101)62(74(86)79(98)78(73)97)49-89(13)41-26-40-88(11)12/h19-21,27-28,44,49,51,53-55,57,59-61,63-64,66-70,77,80,96,98,103H,17-18,22-26,29-43,45-48,50H2,1-16H3/b21-19+,27-20+,52-28+,56-44+,62-49+/t51-,53-,54-,55-,57-,59-,60-,61+,63?,64+,66+,67+,68-,69+,70-,77-,80+,85+,86+,87-/m1/s1. The van der Waals surface area contributed by atoms with Crippen molar-refractivity contribution in [3.63, 3.8) is 0 Å². The lowest BCUT2D eigenvalue weighted by Gasteiger charge is -2.54. The summed E-state index contributed by atoms with van der Waals surface area (Å²) in [5.74, 6) is -12.3. The number of Topliss-reactive ketones (excluding diaryl/α,β-unsaturated/α-hetero) is 4. The van der Waals surface area contributed by atoms with Crippen LogP contribution in [0.15, 0.2) is 81.9 Å². The van der Waals surface area contributed by atoms with E-state index in [0.717, 1.165) is 18.5 Å². The third kappa shape index (κ3) is 21.7. The molecule has 25 nitrogen and oxygen atoms in total. The van der Waals surface area contributed by atoms with Crippen LogP contribution in [0, 0.1) is 52.3 Å². The smallest absolute Gasteiger partial charge is 0.340 e. The maximum absolute atomic E-state index is 14.9. The van der Waals surface area contributed by atoms with Crippen molar-refractivity contribution in [1.29, 1.82) is 0 Å². The van der Waals surface area contributed by atoms with E-state index in [2.05, 4.69) is 0 Å². The number of cyclic esters (lactones) is 2. The SMILES string of the molecule is COC[C@H]1OC(=O)/C(=C/N(C)CCCN(C)C)C2=C(O)C(=O)C3=C([C@H](OC(C)=O)C[C@@]4(C)C3CC[C@@H]4OC(=O)CCCCCCC(=O)O[C@H]3CC[C@H](C[C@@H](C)[C@@H]4CC(=O)[C@H](C)/C=C(\C)[C@@H](O)[C@@H](OC)C(=O)[C@H](C)C[C@H](C)/C=C/C=C/C=C(\C)[C@@H](OC)C[C@@H]5CC[C@@H](C)[C@@](O)(O5)C(=O)C(=O)N5CCCC[C@H]5C(=O)O4)CC3)[C@]21C. The van der Waals surface area contributed by atoms with Crippen molar-refractivity contribution >= 4 is 58.9 Å². The Hall–Kier alpha value is -7.00. The van der Waals surface area contributed by atoms with E-state index in [1.807, 2.05) is 82.0 Å². The molecule has 4 aliphatic carbocycles. The minimum Gasteiger partial charge on any atom is -0.504 e. The van der Waals surface area contributed by atoms with Crippen molar-refractivity contribution in [1.82, 2.24) is 14.7 Å². The number of aliphatic hydroxyl groups excluding tert-OH is 2. The summed E-state index contributed by atoms with van der Waals surface area (Å²) in [5.41, 5.74) is -0.207. The molecule has 18 atom stereocenters. The molecule has 624 valence electrons. The van der Waals surface area contributed by atoms with Crippen molar-refractivity contribution in [2.45, 2.75) is 284 Å². The summed E-state index contributed by atoms with van der Waals surface area (Å²) in [6.07, 6.45) is 15.1. The molecular formula is C87H129N3O22. The Bertz CT molecular complexity index is 3620. The minimum absolute atomic E-state index is 0.0221. The lowest BCUT2D eigenvalue weighted by atomic mass is 9.53. The Labute approximate surface area is 663 Å². The normalized spacial score (nSPS) is 35.9. The fraction of sp³-hybridized carbons (Fsp3) is 0.724. The Morgan fingerprint density at radius 3 is 2.11 bits per heavy atom. The lowest BCUT2D eigenvalue weighted by Crippen LogP contribution is -2.61. The number of esters is 5. The van der Waals surface area contributed by atoms with Crippen LogP contribution in [-0.2, 0) is 90.6 Å². The number of ketones is 4. The van der Waals surface area contributed by atoms with Crippen molar-refractivity contribution in [3.8, 4) is 0 Å². The molecule has 5 fully saturated rings. The molecule has 3 saturated heterocycles. The van der Waals surface area contributed by atoms with Crippen LogP contribution >= 0.6 is 0 Å². The molecule has 0 radical (unpaired) electrons. The Morgan fingerprint density at radius 2 is 1.46 bits per heavy atom. The predicted octanol–water partition coefficient (Wildman–Crippen LogP) is 11.1. The highest BCUT2D eigenvalue weighted by Gasteiger charge is 2.65. The Kier molecular flexibility index (Phi) is 32.8. The van der Waals surface area contributed by atoms with Gasteiger partial charge in [-0.25, -0.2) is 9.59 Å². The molecule has 0 aromatic rings. The number of rotatable bonds is 22. The second kappa shape index (κ2) is 40.5. The number of hydrogen-bond donors (Lipinski definition) is 3. The number of amides is 1. The average molecular weight is 1570 g/mol. The number of carbonyl (C=O) groups excluding carboxylic acids is 10. The summed E-state index contributed by atoms with van der Waals surface area (Å²) in [5, 5.41) is 35.9. The molecule has 2 saturated carbocycles. The first-order valence-corrected chi connectivity index (χ1v) is 41.0. The van der Waals surface area contributed by atoms with E-state index >= 15 is 0 Å². The summed E-state index contributed by atoms with van der Waals surface area (Å²) in [6, 6.07) is -1.21. The lowest BCUT2D eigenvalue weighted by molar-refractivity contribution is -0.265. The zero-order chi connectivity index (χ0) is 82.3. The first kappa shape index (κ1) is 90.5. The van der Waals surface area contributed by atoms with Crippen LogP contribution in [0.5, 0.6) is 0 Å². The molecule has 0 aromatic carbocycles. The van der Waals surface area contributed by atoms with Gasteiger partial charge in [0, 0.05) is 115 Å². The highest BCUT2D eigenvalue weighted by Crippen LogP contribution is 2.64. The van der Waals surface area contributed by atoms with Gasteiger partial charge < -0.3 is 72.7 Å². The van der Waals surface area contributed by atoms with Crippen molar-refractivity contribution in [3.05, 3.63) is 81.9 Å². The van der Waals surface area contributed by atoms with Gasteiger partial charge in [-0.1, -0.05) is 90.8 Å². The maximum Gasteiger partial charge on any atom is 0.340 e. The van der Waals surface area contributed by atoms with E-state index < -0.39 is 148 Å². The van der Waals surface area contributed by atoms with Gasteiger partial charge in [0.05, 0.1) is 29.8 Å². The van der Waals surface area contributed by atoms with Gasteiger partial charge in [0.25, 0.3) is 11.7 Å². The summed E-state index contributed by atoms with van der Waals surface area (Å²) >= 11 is 0. The third-order valence-electron chi connectivity index (χ3n) is 25.3. The summed E-state index contributed by atoms with van der Waals surface area (Å²) in [6.45, 7) is 18.9. The molecule has 0 spiro atoms. The maximum atomic E-state index is 14.9. The van der Waals surface area contributed by atoms with Crippen LogP contribution in [-0.4, -0.2) is 224 Å². The van der Waals surface area contributed by atoms with Crippen LogP contribution in [0.4, 0.5) is 0 Å². The van der Waals surface area contributed by atoms with Crippen LogP contribution in [0.25, 0.3) is 0 Å². The van der Waals surface area contributed by atoms with Gasteiger partial charge in [0.1, 0.15) is 54.6 Å². The molecule has 8 rings (SSSR count). The van der Waals surface area contributed by atoms with Gasteiger partial charge in [-0.05, 0) is 191 Å². The minimum atomic E-state index is -2.49. The van der Waals surface area contributed by atoms with Gasteiger partial charge in [-0.3, -0.25) is 38.4 Å². The van der Waals surface area contributed by atoms with Crippen LogP contribution < -0.4 is 0 Å². The topological polar surface area (TPSA) is 324 Å². The summed E-state index contributed by atoms with van der Waals surface area (Å²) in [4.78, 5) is 146. The van der Waals surface area contributed by atoms with Gasteiger partial charge in [-0.15, -0.1) is 0 Å². The van der Waals surface area contributed by atoms with E-state index in [9.17, 15) is 63.3 Å². The molecular weight excluding hydrogens is 1440 g/mol. The number of unbranched alkanes of at least 4 members (excludes halogenated alkanes) is 3. The van der Waals surface area contributed by atoms with E-state index in [4.69, 9.17) is 42.6 Å². The molecule has 8 aliphatic rings. The van der Waals surface area contributed by atoms with Crippen molar-refractivity contribution < 1.29 is 106 Å². The highest BCUT2D eigenvalue weighted by molar-refractivity contribution is 6.39. The predicted molar refractivity (Wildman–Crippen MR) is 417 cm³/mol. The number of methoxy groups -OCH3 is 3. The van der Waals surface area contributed by atoms with Gasteiger partial charge >= 0.3 is 29.8 Å². The molecule has 4 heterocycles. The second-order valence-corrected chi connectivity index (χ2v) is 34.1. The monoisotopic (exact) mass is 1570 g/mol. The number of carbonyl (C=O) groups is 10. The molecule has 4 aliphatic heterocycles. The van der Waals surface area contributed by atoms with Crippen molar-refractivity contribution in [2.24, 2.45) is 52.3 Å². The van der Waals surface area contributed by atoms with E-state index in [0.29, 0.717) is 120 Å². The molecule has 112 heavy (non-hydrogen) atoms. The first-order chi connectivity index (χ1) is 53.0. The van der Waals surface area contributed by atoms with Crippen LogP contribution in [0.3, 0.4) is 0 Å². The zero-order valence-electron chi connectivity index (χ0n) is 69.4. The highest BCUT2D eigenvalue weighted by atomic mass is 16.6. The number of aliphatic hydroxyl groups is 3. The number of fused-ring (bicyclic) bond motifs is 7.